The van der Waals surface area contributed by atoms with Crippen molar-refractivity contribution >= 4 is 89.8 Å². The quantitative estimate of drug-likeness (QED) is 0.156. The number of fused-ring (bicyclic) bond motifs is 18. The van der Waals surface area contributed by atoms with E-state index in [1.807, 2.05) is 0 Å². The topological polar surface area (TPSA) is 9.86 Å². The van der Waals surface area contributed by atoms with Gasteiger partial charge in [-0.25, -0.2) is 0 Å². The van der Waals surface area contributed by atoms with Gasteiger partial charge in [0.05, 0.1) is 22.1 Å². The number of aromatic nitrogens is 2. The summed E-state index contributed by atoms with van der Waals surface area (Å²) in [5.41, 5.74) is 31.5. The van der Waals surface area contributed by atoms with Crippen molar-refractivity contribution in [3.05, 3.63) is 231 Å². The fourth-order valence-electron chi connectivity index (χ4n) is 13.7. The maximum Gasteiger partial charge on any atom is 0.248 e. The molecule has 0 radical (unpaired) electrons. The molecule has 0 aliphatic carbocycles. The zero-order valence-corrected chi connectivity index (χ0v) is 38.0. The van der Waals surface area contributed by atoms with Gasteiger partial charge < -0.3 is 9.13 Å². The number of nitrogens with zero attached hydrogens (tertiary/aromatic N) is 2. The molecule has 17 rings (SSSR count). The fraction of sp³-hybridized carbons (Fsp3) is 0. The van der Waals surface area contributed by atoms with E-state index in [-0.39, 0.29) is 13.4 Å². The third kappa shape index (κ3) is 4.66. The van der Waals surface area contributed by atoms with Crippen LogP contribution in [-0.4, -0.2) is 22.6 Å². The number of benzene rings is 11. The Hall–Kier alpha value is -8.85. The summed E-state index contributed by atoms with van der Waals surface area (Å²) in [7, 11) is 0. The Morgan fingerprint density at radius 2 is 0.643 bits per heavy atom. The summed E-state index contributed by atoms with van der Waals surface area (Å²) in [5.74, 6) is 0. The van der Waals surface area contributed by atoms with Crippen LogP contribution in [0.3, 0.4) is 0 Å². The molecule has 6 heterocycles. The molecule has 2 aromatic heterocycles. The lowest BCUT2D eigenvalue weighted by Crippen LogP contribution is -2.58. The minimum Gasteiger partial charge on any atom is -0.310 e. The second-order valence-electron chi connectivity index (χ2n) is 19.8. The van der Waals surface area contributed by atoms with Gasteiger partial charge in [0, 0.05) is 32.9 Å². The molecule has 11 aromatic carbocycles. The predicted octanol–water partition coefficient (Wildman–Crippen LogP) is 12.2. The van der Waals surface area contributed by atoms with Gasteiger partial charge in [-0.3, -0.25) is 0 Å². The van der Waals surface area contributed by atoms with Crippen molar-refractivity contribution in [3.8, 4) is 78.1 Å². The van der Waals surface area contributed by atoms with E-state index in [9.17, 15) is 0 Å². The van der Waals surface area contributed by atoms with Gasteiger partial charge in [0.25, 0.3) is 0 Å². The second-order valence-corrected chi connectivity index (χ2v) is 19.8. The molecule has 0 atom stereocenters. The lowest BCUT2D eigenvalue weighted by atomic mass is 9.34. The Bertz CT molecular complexity index is 4170. The van der Waals surface area contributed by atoms with Crippen molar-refractivity contribution in [1.29, 1.82) is 0 Å². The van der Waals surface area contributed by atoms with Crippen LogP contribution in [-0.2, 0) is 0 Å². The average molecular weight is 881 g/mol. The highest BCUT2D eigenvalue weighted by Crippen LogP contribution is 2.47. The number of hydrogen-bond acceptors (Lipinski definition) is 0. The summed E-state index contributed by atoms with van der Waals surface area (Å²) in [4.78, 5) is 0. The molecule has 13 aromatic rings. The molecule has 0 N–H and O–H groups in total. The smallest absolute Gasteiger partial charge is 0.248 e. The van der Waals surface area contributed by atoms with Crippen molar-refractivity contribution in [2.75, 3.05) is 0 Å². The van der Waals surface area contributed by atoms with Crippen LogP contribution in [0, 0.1) is 0 Å². The first-order valence-electron chi connectivity index (χ1n) is 24.7. The zero-order valence-electron chi connectivity index (χ0n) is 38.0. The SMILES string of the molecule is c1ccc(-c2ccc3c(c2)c2cc(-c4ccccc4)c4c5c2n3-c2cc3c(cc2B5c2ccccc2-4)B2c4ccccc4-c4c(-c5ccccc5)cc5c6cc(-c7ccccc7)ccc6n-3c5c42)cc1. The molecular weight excluding hydrogens is 842 g/mol. The normalized spacial score (nSPS) is 13.1. The van der Waals surface area contributed by atoms with Crippen LogP contribution in [0.25, 0.3) is 122 Å². The lowest BCUT2D eigenvalue weighted by molar-refractivity contribution is 1.15. The molecule has 4 heteroatoms. The zero-order chi connectivity index (χ0) is 45.3. The predicted molar refractivity (Wildman–Crippen MR) is 297 cm³/mol. The van der Waals surface area contributed by atoms with Crippen LogP contribution in [0.15, 0.2) is 231 Å². The Morgan fingerprint density at radius 1 is 0.257 bits per heavy atom. The molecule has 0 fully saturated rings. The molecule has 4 aliphatic rings. The first-order valence-corrected chi connectivity index (χ1v) is 24.7. The minimum absolute atomic E-state index is 0.0612. The van der Waals surface area contributed by atoms with Crippen LogP contribution in [0.2, 0.25) is 0 Å². The van der Waals surface area contributed by atoms with Gasteiger partial charge in [-0.15, -0.1) is 0 Å². The molecular formula is C66H38B2N2. The van der Waals surface area contributed by atoms with Gasteiger partial charge in [0.15, 0.2) is 0 Å². The fourth-order valence-corrected chi connectivity index (χ4v) is 13.7. The molecule has 0 spiro atoms. The molecule has 0 saturated heterocycles. The largest absolute Gasteiger partial charge is 0.310 e. The lowest BCUT2D eigenvalue weighted by Gasteiger charge is -2.31. The molecule has 70 heavy (non-hydrogen) atoms. The highest BCUT2D eigenvalue weighted by atomic mass is 15.0. The molecule has 4 aliphatic heterocycles. The van der Waals surface area contributed by atoms with Gasteiger partial charge in [0.2, 0.25) is 13.4 Å². The maximum absolute atomic E-state index is 2.67. The standard InChI is InChI=1S/C66H38B2N2/c1-5-17-39(18-6-1)43-29-31-57-49(33-43)51-35-47(41-21-9-3-10-22-41)61-45-25-13-15-27-53(45)67-55-37-56-60(38-59(55)69(57)65(51)63(61)67)70-58-32-30-44(40-19-7-2-8-20-40)34-50(58)52-36-48(42-23-11-4-12-24-42)62-46-26-14-16-28-54(46)68(56)64(62)66(52)70/h1-38H. The Kier molecular flexibility index (Phi) is 7.13. The second kappa shape index (κ2) is 13.4. The number of hydrogen-bond donors (Lipinski definition) is 0. The minimum atomic E-state index is 0.0612. The Balaban J connectivity index is 1.04. The molecule has 318 valence electrons. The molecule has 0 amide bonds. The van der Waals surface area contributed by atoms with Crippen LogP contribution in [0.4, 0.5) is 0 Å². The van der Waals surface area contributed by atoms with Crippen LogP contribution >= 0.6 is 0 Å². The first-order chi connectivity index (χ1) is 34.8. The van der Waals surface area contributed by atoms with E-state index in [0.717, 1.165) is 0 Å². The summed E-state index contributed by atoms with van der Waals surface area (Å²) in [6, 6.07) is 87.2. The van der Waals surface area contributed by atoms with E-state index < -0.39 is 0 Å². The van der Waals surface area contributed by atoms with Crippen molar-refractivity contribution in [1.82, 2.24) is 9.13 Å². The van der Waals surface area contributed by atoms with E-state index in [4.69, 9.17) is 0 Å². The van der Waals surface area contributed by atoms with Gasteiger partial charge in [-0.2, -0.15) is 0 Å². The summed E-state index contributed by atoms with van der Waals surface area (Å²) in [6.07, 6.45) is 0. The van der Waals surface area contributed by atoms with Gasteiger partial charge in [0.1, 0.15) is 0 Å². The molecule has 0 saturated carbocycles. The van der Waals surface area contributed by atoms with Crippen molar-refractivity contribution < 1.29 is 0 Å². The van der Waals surface area contributed by atoms with E-state index in [1.165, 1.54) is 155 Å². The first kappa shape index (κ1) is 37.2. The molecule has 0 bridgehead atoms. The van der Waals surface area contributed by atoms with E-state index in [0.29, 0.717) is 0 Å². The van der Waals surface area contributed by atoms with Crippen molar-refractivity contribution in [2.45, 2.75) is 0 Å². The summed E-state index contributed by atoms with van der Waals surface area (Å²) < 4.78 is 5.31. The Morgan fingerprint density at radius 3 is 1.07 bits per heavy atom. The monoisotopic (exact) mass is 880 g/mol. The average Bonchev–Trinajstić information content (AvgIpc) is 4.17. The molecule has 0 unspecified atom stereocenters. The Labute approximate surface area is 405 Å². The molecule has 2 nitrogen and oxygen atoms in total. The van der Waals surface area contributed by atoms with Crippen LogP contribution in [0.5, 0.6) is 0 Å². The van der Waals surface area contributed by atoms with Gasteiger partial charge in [-0.05, 0) is 131 Å². The maximum atomic E-state index is 2.67. The summed E-state index contributed by atoms with van der Waals surface area (Å²) in [6.45, 7) is 0.122. The summed E-state index contributed by atoms with van der Waals surface area (Å²) in [5, 5.41) is 5.18. The van der Waals surface area contributed by atoms with Crippen LogP contribution < -0.4 is 32.8 Å². The number of rotatable bonds is 4. The third-order valence-electron chi connectivity index (χ3n) is 16.5. The van der Waals surface area contributed by atoms with Crippen molar-refractivity contribution in [2.24, 2.45) is 0 Å². The summed E-state index contributed by atoms with van der Waals surface area (Å²) >= 11 is 0. The third-order valence-corrected chi connectivity index (χ3v) is 16.5. The van der Waals surface area contributed by atoms with E-state index >= 15 is 0 Å². The van der Waals surface area contributed by atoms with Crippen LogP contribution in [0.1, 0.15) is 0 Å². The van der Waals surface area contributed by atoms with Gasteiger partial charge in [-0.1, -0.05) is 199 Å². The van der Waals surface area contributed by atoms with Crippen molar-refractivity contribution in [3.63, 3.8) is 0 Å². The highest BCUT2D eigenvalue weighted by Gasteiger charge is 2.47. The van der Waals surface area contributed by atoms with E-state index in [2.05, 4.69) is 240 Å². The highest BCUT2D eigenvalue weighted by molar-refractivity contribution is 7.04. The van der Waals surface area contributed by atoms with E-state index in [1.54, 1.807) is 0 Å². The van der Waals surface area contributed by atoms with Gasteiger partial charge >= 0.3 is 0 Å².